The zero-order valence-electron chi connectivity index (χ0n) is 19.6. The number of nitrogens with zero attached hydrogens (tertiary/aromatic N) is 2. The van der Waals surface area contributed by atoms with Crippen molar-refractivity contribution in [2.75, 3.05) is 26.2 Å². The fraction of sp³-hybridized carbons (Fsp3) is 0.500. The summed E-state index contributed by atoms with van der Waals surface area (Å²) in [6.07, 6.45) is 2.95. The van der Waals surface area contributed by atoms with Crippen molar-refractivity contribution in [2.45, 2.75) is 51.4 Å². The van der Waals surface area contributed by atoms with E-state index in [2.05, 4.69) is 26.0 Å². The topological polar surface area (TPSA) is 66.9 Å². The van der Waals surface area contributed by atoms with Crippen LogP contribution >= 0.6 is 0 Å². The summed E-state index contributed by atoms with van der Waals surface area (Å²) in [6.45, 7) is 6.39. The molecule has 4 rings (SSSR count). The van der Waals surface area contributed by atoms with Crippen molar-refractivity contribution in [1.82, 2.24) is 9.21 Å². The Hall–Kier alpha value is -2.38. The molecule has 33 heavy (non-hydrogen) atoms. The van der Waals surface area contributed by atoms with Crippen LogP contribution in [0.4, 0.5) is 0 Å². The fourth-order valence-corrected chi connectivity index (χ4v) is 6.25. The van der Waals surface area contributed by atoms with Gasteiger partial charge < -0.3 is 9.64 Å². The van der Waals surface area contributed by atoms with Crippen molar-refractivity contribution < 1.29 is 17.9 Å². The lowest BCUT2D eigenvalue weighted by molar-refractivity contribution is -0.138. The molecule has 2 aromatic carbocycles. The number of hydrogen-bond donors (Lipinski definition) is 0. The molecular formula is C26H34N2O4S. The molecule has 2 aliphatic rings. The lowest BCUT2D eigenvalue weighted by atomic mass is 9.95. The highest BCUT2D eigenvalue weighted by Gasteiger charge is 2.34. The molecule has 2 fully saturated rings. The average Bonchev–Trinajstić information content (AvgIpc) is 2.82. The maximum Gasteiger partial charge on any atom is 0.225 e. The molecule has 1 amide bonds. The molecule has 0 atom stereocenters. The number of rotatable bonds is 6. The number of carbonyl (C=O) groups excluding carboxylic acids is 1. The maximum atomic E-state index is 13.1. The number of ether oxygens (including phenoxy) is 1. The third kappa shape index (κ3) is 5.95. The predicted molar refractivity (Wildman–Crippen MR) is 130 cm³/mol. The molecule has 0 unspecified atom stereocenters. The Kier molecular flexibility index (Phi) is 7.39. The molecule has 0 aromatic heterocycles. The van der Waals surface area contributed by atoms with E-state index in [1.165, 1.54) is 11.1 Å². The van der Waals surface area contributed by atoms with Gasteiger partial charge in [-0.15, -0.1) is 0 Å². The van der Waals surface area contributed by atoms with E-state index in [-0.39, 0.29) is 23.7 Å². The normalized spacial score (nSPS) is 18.9. The predicted octanol–water partition coefficient (Wildman–Crippen LogP) is 3.92. The van der Waals surface area contributed by atoms with E-state index in [0.717, 1.165) is 24.2 Å². The number of aryl methyl sites for hydroxylation is 2. The summed E-state index contributed by atoms with van der Waals surface area (Å²) in [5.74, 6) is 0.984. The minimum absolute atomic E-state index is 0.0144. The summed E-state index contributed by atoms with van der Waals surface area (Å²) >= 11 is 0. The van der Waals surface area contributed by atoms with Crippen LogP contribution in [0.25, 0.3) is 0 Å². The molecule has 2 heterocycles. The molecule has 0 bridgehead atoms. The highest BCUT2D eigenvalue weighted by Crippen LogP contribution is 2.26. The van der Waals surface area contributed by atoms with Crippen LogP contribution in [-0.4, -0.2) is 55.8 Å². The average molecular weight is 471 g/mol. The molecule has 0 saturated carbocycles. The monoisotopic (exact) mass is 470 g/mol. The van der Waals surface area contributed by atoms with Crippen LogP contribution in [-0.2, 0) is 20.6 Å². The summed E-state index contributed by atoms with van der Waals surface area (Å²) < 4.78 is 33.3. The van der Waals surface area contributed by atoms with Crippen molar-refractivity contribution >= 4 is 15.9 Å². The summed E-state index contributed by atoms with van der Waals surface area (Å²) in [6, 6.07) is 15.4. The molecular weight excluding hydrogens is 436 g/mol. The first-order valence-corrected chi connectivity index (χ1v) is 13.5. The second kappa shape index (κ2) is 10.3. The number of sulfonamides is 1. The van der Waals surface area contributed by atoms with Gasteiger partial charge in [-0.3, -0.25) is 4.79 Å². The number of piperidine rings is 2. The Morgan fingerprint density at radius 1 is 0.909 bits per heavy atom. The zero-order valence-corrected chi connectivity index (χ0v) is 20.4. The van der Waals surface area contributed by atoms with Gasteiger partial charge in [0.05, 0.1) is 5.75 Å². The minimum atomic E-state index is -3.36. The Bertz CT molecular complexity index is 1050. The number of amides is 1. The van der Waals surface area contributed by atoms with Gasteiger partial charge in [-0.05, 0) is 55.5 Å². The maximum absolute atomic E-state index is 13.1. The third-order valence-electron chi connectivity index (χ3n) is 6.92. The molecule has 0 aliphatic carbocycles. The smallest absolute Gasteiger partial charge is 0.225 e. The summed E-state index contributed by atoms with van der Waals surface area (Å²) in [5, 5.41) is 0. The van der Waals surface area contributed by atoms with Crippen molar-refractivity contribution in [1.29, 1.82) is 0 Å². The largest absolute Gasteiger partial charge is 0.490 e. The van der Waals surface area contributed by atoms with E-state index in [0.29, 0.717) is 39.0 Å². The van der Waals surface area contributed by atoms with E-state index < -0.39 is 10.0 Å². The molecule has 6 nitrogen and oxygen atoms in total. The second-order valence-corrected chi connectivity index (χ2v) is 11.3. The van der Waals surface area contributed by atoms with Crippen molar-refractivity contribution in [3.8, 4) is 5.75 Å². The lowest BCUT2D eigenvalue weighted by Gasteiger charge is -2.37. The molecule has 2 saturated heterocycles. The standard InChI is InChI=1S/C26H34N2O4S/c1-20-8-9-25(18-21(20)2)32-24-12-14-27(15-13-24)26(29)23-10-16-28(17-11-23)33(30,31)19-22-6-4-3-5-7-22/h3-9,18,23-24H,10-17,19H2,1-2H3. The van der Waals surface area contributed by atoms with Gasteiger partial charge in [0.25, 0.3) is 0 Å². The first-order chi connectivity index (χ1) is 15.8. The van der Waals surface area contributed by atoms with Crippen LogP contribution in [0.15, 0.2) is 48.5 Å². The number of hydrogen-bond acceptors (Lipinski definition) is 4. The van der Waals surface area contributed by atoms with Crippen LogP contribution in [0.5, 0.6) is 5.75 Å². The number of likely N-dealkylation sites (tertiary alicyclic amines) is 1. The van der Waals surface area contributed by atoms with Gasteiger partial charge in [0.15, 0.2) is 0 Å². The first kappa shape index (κ1) is 23.8. The summed E-state index contributed by atoms with van der Waals surface area (Å²) in [7, 11) is -3.36. The van der Waals surface area contributed by atoms with E-state index in [1.807, 2.05) is 41.3 Å². The van der Waals surface area contributed by atoms with Gasteiger partial charge in [0.2, 0.25) is 15.9 Å². The van der Waals surface area contributed by atoms with Gasteiger partial charge in [-0.2, -0.15) is 0 Å². The highest BCUT2D eigenvalue weighted by molar-refractivity contribution is 7.88. The molecule has 0 spiro atoms. The van der Waals surface area contributed by atoms with Crippen molar-refractivity contribution in [3.05, 3.63) is 65.2 Å². The van der Waals surface area contributed by atoms with Crippen LogP contribution < -0.4 is 4.74 Å². The van der Waals surface area contributed by atoms with E-state index in [4.69, 9.17) is 4.74 Å². The quantitative estimate of drug-likeness (QED) is 0.642. The molecule has 2 aromatic rings. The Labute approximate surface area is 197 Å². The van der Waals surface area contributed by atoms with Crippen LogP contribution in [0, 0.1) is 19.8 Å². The number of benzene rings is 2. The van der Waals surface area contributed by atoms with Crippen molar-refractivity contribution in [2.24, 2.45) is 5.92 Å². The number of carbonyl (C=O) groups is 1. The van der Waals surface area contributed by atoms with Gasteiger partial charge in [-0.1, -0.05) is 36.4 Å². The Morgan fingerprint density at radius 3 is 2.21 bits per heavy atom. The SMILES string of the molecule is Cc1ccc(OC2CCN(C(=O)C3CCN(S(=O)(=O)Cc4ccccc4)CC3)CC2)cc1C. The molecule has 2 aliphatic heterocycles. The van der Waals surface area contributed by atoms with E-state index in [9.17, 15) is 13.2 Å². The lowest BCUT2D eigenvalue weighted by Crippen LogP contribution is -2.47. The van der Waals surface area contributed by atoms with Gasteiger partial charge in [0.1, 0.15) is 11.9 Å². The summed E-state index contributed by atoms with van der Waals surface area (Å²) in [4.78, 5) is 15.0. The van der Waals surface area contributed by atoms with Crippen LogP contribution in [0.3, 0.4) is 0 Å². The molecule has 0 N–H and O–H groups in total. The third-order valence-corrected chi connectivity index (χ3v) is 8.77. The summed E-state index contributed by atoms with van der Waals surface area (Å²) in [5.41, 5.74) is 3.26. The Morgan fingerprint density at radius 2 is 1.58 bits per heavy atom. The van der Waals surface area contributed by atoms with Crippen LogP contribution in [0.2, 0.25) is 0 Å². The van der Waals surface area contributed by atoms with Crippen molar-refractivity contribution in [3.63, 3.8) is 0 Å². The fourth-order valence-electron chi connectivity index (χ4n) is 4.69. The first-order valence-electron chi connectivity index (χ1n) is 11.9. The zero-order chi connectivity index (χ0) is 23.4. The molecule has 7 heteroatoms. The minimum Gasteiger partial charge on any atom is -0.490 e. The van der Waals surface area contributed by atoms with E-state index in [1.54, 1.807) is 4.31 Å². The Balaban J connectivity index is 1.24. The van der Waals surface area contributed by atoms with Gasteiger partial charge in [0, 0.05) is 44.9 Å². The van der Waals surface area contributed by atoms with Gasteiger partial charge >= 0.3 is 0 Å². The molecule has 178 valence electrons. The van der Waals surface area contributed by atoms with Crippen LogP contribution in [0.1, 0.15) is 42.4 Å². The van der Waals surface area contributed by atoms with Gasteiger partial charge in [-0.25, -0.2) is 12.7 Å². The molecule has 0 radical (unpaired) electrons. The van der Waals surface area contributed by atoms with E-state index >= 15 is 0 Å². The highest BCUT2D eigenvalue weighted by atomic mass is 32.2. The second-order valence-electron chi connectivity index (χ2n) is 9.30.